The molecule has 1 aliphatic heterocycles. The van der Waals surface area contributed by atoms with Crippen LogP contribution in [0, 0.1) is 18.8 Å². The van der Waals surface area contributed by atoms with Crippen molar-refractivity contribution in [2.24, 2.45) is 11.8 Å². The van der Waals surface area contributed by atoms with Gasteiger partial charge < -0.3 is 15.4 Å². The van der Waals surface area contributed by atoms with Crippen LogP contribution in [0.2, 0.25) is 0 Å². The van der Waals surface area contributed by atoms with Gasteiger partial charge in [-0.25, -0.2) is 9.78 Å². The predicted octanol–water partition coefficient (Wildman–Crippen LogP) is 2.31. The lowest BCUT2D eigenvalue weighted by Crippen LogP contribution is -2.40. The fourth-order valence-electron chi connectivity index (χ4n) is 2.55. The number of amides is 2. The monoisotopic (exact) mass is 297 g/mol. The third kappa shape index (κ3) is 4.18. The Labute approximate surface area is 124 Å². The molecule has 0 bridgehead atoms. The summed E-state index contributed by atoms with van der Waals surface area (Å²) in [6.45, 7) is 8.30. The van der Waals surface area contributed by atoms with Crippen molar-refractivity contribution in [2.45, 2.75) is 39.8 Å². The number of ether oxygens (including phenoxy) is 1. The summed E-state index contributed by atoms with van der Waals surface area (Å²) in [7, 11) is 0. The minimum atomic E-state index is -0.120. The lowest BCUT2D eigenvalue weighted by molar-refractivity contribution is 0.0545. The lowest BCUT2D eigenvalue weighted by atomic mass is 9.93. The smallest absolute Gasteiger partial charge is 0.315 e. The van der Waals surface area contributed by atoms with Crippen LogP contribution in [0.4, 0.5) is 4.79 Å². The van der Waals surface area contributed by atoms with E-state index in [0.29, 0.717) is 24.9 Å². The average Bonchev–Trinajstić information content (AvgIpc) is 3.02. The van der Waals surface area contributed by atoms with Crippen LogP contribution < -0.4 is 10.6 Å². The molecule has 5 nitrogen and oxygen atoms in total. The van der Waals surface area contributed by atoms with Crippen LogP contribution in [0.5, 0.6) is 0 Å². The Morgan fingerprint density at radius 2 is 2.35 bits per heavy atom. The van der Waals surface area contributed by atoms with E-state index in [0.717, 1.165) is 22.9 Å². The Hall–Kier alpha value is -1.14. The number of nitrogens with zero attached hydrogens (tertiary/aromatic N) is 1. The van der Waals surface area contributed by atoms with Gasteiger partial charge in [-0.2, -0.15) is 0 Å². The number of carbonyl (C=O) groups excluding carboxylic acids is 1. The lowest BCUT2D eigenvalue weighted by Gasteiger charge is -2.22. The van der Waals surface area contributed by atoms with Gasteiger partial charge in [0.15, 0.2) is 0 Å². The molecule has 0 saturated carbocycles. The molecular weight excluding hydrogens is 274 g/mol. The molecule has 2 amide bonds. The van der Waals surface area contributed by atoms with Gasteiger partial charge in [-0.3, -0.25) is 0 Å². The maximum Gasteiger partial charge on any atom is 0.315 e. The second-order valence-electron chi connectivity index (χ2n) is 5.54. The molecule has 0 spiro atoms. The zero-order chi connectivity index (χ0) is 14.5. The van der Waals surface area contributed by atoms with Crippen molar-refractivity contribution >= 4 is 17.4 Å². The predicted molar refractivity (Wildman–Crippen MR) is 79.8 cm³/mol. The van der Waals surface area contributed by atoms with Gasteiger partial charge in [0.05, 0.1) is 17.7 Å². The van der Waals surface area contributed by atoms with Crippen molar-refractivity contribution in [3.63, 3.8) is 0 Å². The van der Waals surface area contributed by atoms with E-state index in [1.54, 1.807) is 17.5 Å². The maximum absolute atomic E-state index is 11.8. The van der Waals surface area contributed by atoms with Gasteiger partial charge in [-0.15, -0.1) is 11.3 Å². The summed E-state index contributed by atoms with van der Waals surface area (Å²) in [6, 6.07) is -0.120. The molecule has 1 aromatic rings. The average molecular weight is 297 g/mol. The minimum absolute atomic E-state index is 0.120. The molecule has 2 N–H and O–H groups in total. The molecule has 1 fully saturated rings. The second kappa shape index (κ2) is 7.04. The third-order valence-corrected chi connectivity index (χ3v) is 4.45. The van der Waals surface area contributed by atoms with Crippen LogP contribution in [0.3, 0.4) is 0 Å². The highest BCUT2D eigenvalue weighted by molar-refractivity contribution is 7.11. The largest absolute Gasteiger partial charge is 0.378 e. The van der Waals surface area contributed by atoms with E-state index in [1.165, 1.54) is 0 Å². The number of carbonyl (C=O) groups is 1. The van der Waals surface area contributed by atoms with E-state index in [1.807, 2.05) is 6.92 Å². The summed E-state index contributed by atoms with van der Waals surface area (Å²) in [5.41, 5.74) is 0. The molecule has 112 valence electrons. The first-order valence-electron chi connectivity index (χ1n) is 7.11. The zero-order valence-electron chi connectivity index (χ0n) is 12.3. The fourth-order valence-corrected chi connectivity index (χ4v) is 3.29. The molecule has 2 unspecified atom stereocenters. The maximum atomic E-state index is 11.8. The van der Waals surface area contributed by atoms with E-state index >= 15 is 0 Å². The zero-order valence-corrected chi connectivity index (χ0v) is 13.1. The molecule has 1 aromatic heterocycles. The topological polar surface area (TPSA) is 63.2 Å². The van der Waals surface area contributed by atoms with E-state index in [2.05, 4.69) is 29.5 Å². The van der Waals surface area contributed by atoms with Crippen LogP contribution in [-0.4, -0.2) is 30.3 Å². The van der Waals surface area contributed by atoms with Gasteiger partial charge in [0.25, 0.3) is 0 Å². The van der Waals surface area contributed by atoms with E-state index in [-0.39, 0.29) is 12.1 Å². The molecule has 0 aromatic carbocycles. The molecule has 1 saturated heterocycles. The molecule has 1 aliphatic rings. The quantitative estimate of drug-likeness (QED) is 0.876. The Kier molecular flexibility index (Phi) is 5.37. The highest BCUT2D eigenvalue weighted by Crippen LogP contribution is 2.25. The van der Waals surface area contributed by atoms with Crippen molar-refractivity contribution in [1.29, 1.82) is 0 Å². The highest BCUT2D eigenvalue weighted by atomic mass is 32.1. The van der Waals surface area contributed by atoms with E-state index < -0.39 is 0 Å². The molecule has 0 aliphatic carbocycles. The number of thiazole rings is 1. The van der Waals surface area contributed by atoms with Crippen molar-refractivity contribution < 1.29 is 9.53 Å². The molecule has 20 heavy (non-hydrogen) atoms. The molecule has 0 radical (unpaired) electrons. The molecule has 2 rings (SSSR count). The highest BCUT2D eigenvalue weighted by Gasteiger charge is 2.30. The van der Waals surface area contributed by atoms with Gasteiger partial charge in [-0.05, 0) is 19.3 Å². The first kappa shape index (κ1) is 15.3. The second-order valence-corrected chi connectivity index (χ2v) is 6.86. The molecule has 2 atom stereocenters. The Bertz CT molecular complexity index is 447. The number of aromatic nitrogens is 1. The van der Waals surface area contributed by atoms with Crippen LogP contribution in [0.25, 0.3) is 0 Å². The summed E-state index contributed by atoms with van der Waals surface area (Å²) in [5.74, 6) is 0.916. The number of nitrogens with one attached hydrogen (secondary N) is 2. The number of urea groups is 1. The van der Waals surface area contributed by atoms with Crippen LogP contribution in [0.15, 0.2) is 6.20 Å². The van der Waals surface area contributed by atoms with Crippen LogP contribution in [-0.2, 0) is 11.3 Å². The molecule has 2 heterocycles. The summed E-state index contributed by atoms with van der Waals surface area (Å²) in [4.78, 5) is 17.0. The first-order valence-corrected chi connectivity index (χ1v) is 7.92. The van der Waals surface area contributed by atoms with Gasteiger partial charge in [0, 0.05) is 30.1 Å². The van der Waals surface area contributed by atoms with Crippen LogP contribution in [0.1, 0.15) is 30.2 Å². The van der Waals surface area contributed by atoms with Gasteiger partial charge in [0.1, 0.15) is 0 Å². The van der Waals surface area contributed by atoms with Crippen molar-refractivity contribution in [3.05, 3.63) is 16.1 Å². The van der Waals surface area contributed by atoms with Crippen molar-refractivity contribution in [3.8, 4) is 0 Å². The van der Waals surface area contributed by atoms with Gasteiger partial charge in [0.2, 0.25) is 0 Å². The minimum Gasteiger partial charge on any atom is -0.378 e. The number of aryl methyl sites for hydroxylation is 1. The summed E-state index contributed by atoms with van der Waals surface area (Å²) in [6.07, 6.45) is 3.09. The SMILES string of the molecule is Cc1ncc(CNC(=O)NCC2CCOC2C(C)C)s1. The van der Waals surface area contributed by atoms with E-state index in [9.17, 15) is 4.79 Å². The van der Waals surface area contributed by atoms with Crippen molar-refractivity contribution in [2.75, 3.05) is 13.2 Å². The van der Waals surface area contributed by atoms with Crippen molar-refractivity contribution in [1.82, 2.24) is 15.6 Å². The van der Waals surface area contributed by atoms with Crippen LogP contribution >= 0.6 is 11.3 Å². The summed E-state index contributed by atoms with van der Waals surface area (Å²) in [5, 5.41) is 6.82. The first-order chi connectivity index (χ1) is 9.56. The Balaban J connectivity index is 1.69. The third-order valence-electron chi connectivity index (χ3n) is 3.54. The standard InChI is InChI=1S/C14H23N3O2S/c1-9(2)13-11(4-5-19-13)6-16-14(18)17-8-12-7-15-10(3)20-12/h7,9,11,13H,4-6,8H2,1-3H3,(H2,16,17,18). The molecule has 6 heteroatoms. The van der Waals surface area contributed by atoms with Gasteiger partial charge >= 0.3 is 6.03 Å². The summed E-state index contributed by atoms with van der Waals surface area (Å²) < 4.78 is 5.71. The fraction of sp³-hybridized carbons (Fsp3) is 0.714. The number of rotatable bonds is 5. The Morgan fingerprint density at radius 3 is 3.00 bits per heavy atom. The normalized spacial score (nSPS) is 22.2. The van der Waals surface area contributed by atoms with E-state index in [4.69, 9.17) is 4.74 Å². The summed E-state index contributed by atoms with van der Waals surface area (Å²) >= 11 is 1.60. The Morgan fingerprint density at radius 1 is 1.55 bits per heavy atom. The number of hydrogen-bond donors (Lipinski definition) is 2. The number of hydrogen-bond acceptors (Lipinski definition) is 4. The van der Waals surface area contributed by atoms with Gasteiger partial charge in [-0.1, -0.05) is 13.8 Å². The molecular formula is C14H23N3O2S.